The van der Waals surface area contributed by atoms with E-state index in [1.807, 2.05) is 18.3 Å². The van der Waals surface area contributed by atoms with Crippen molar-refractivity contribution in [1.82, 2.24) is 4.57 Å². The van der Waals surface area contributed by atoms with E-state index in [1.54, 1.807) is 25.1 Å². The molecule has 0 bridgehead atoms. The molecule has 0 spiro atoms. The highest BCUT2D eigenvalue weighted by molar-refractivity contribution is 6.03. The Bertz CT molecular complexity index is 642. The molecule has 2 aromatic rings. The molecule has 1 aromatic carbocycles. The van der Waals surface area contributed by atoms with Crippen LogP contribution in [0.1, 0.15) is 41.4 Å². The lowest BCUT2D eigenvalue weighted by Gasteiger charge is -2.28. The summed E-state index contributed by atoms with van der Waals surface area (Å²) in [5, 5.41) is 12.6. The number of phenolic OH excluding ortho intramolecular Hbond substituents is 1. The number of benzene rings is 1. The van der Waals surface area contributed by atoms with Crippen molar-refractivity contribution in [2.75, 3.05) is 5.32 Å². The fraction of sp³-hybridized carbons (Fsp3) is 0.312. The van der Waals surface area contributed by atoms with E-state index < -0.39 is 0 Å². The number of nitrogens with one attached hydrogen (secondary N) is 1. The highest BCUT2D eigenvalue weighted by atomic mass is 16.3. The number of nitrogens with zero attached hydrogens (tertiary/aromatic N) is 1. The van der Waals surface area contributed by atoms with E-state index in [0.717, 1.165) is 12.8 Å². The first kappa shape index (κ1) is 12.8. The minimum absolute atomic E-state index is 0.129. The van der Waals surface area contributed by atoms with E-state index in [1.165, 1.54) is 6.42 Å². The normalized spacial score (nSPS) is 14.8. The van der Waals surface area contributed by atoms with Gasteiger partial charge in [-0.15, -0.1) is 0 Å². The fourth-order valence-electron chi connectivity index (χ4n) is 2.51. The fourth-order valence-corrected chi connectivity index (χ4v) is 2.51. The van der Waals surface area contributed by atoms with Crippen LogP contribution in [0.5, 0.6) is 5.75 Å². The number of hydrogen-bond donors (Lipinski definition) is 2. The summed E-state index contributed by atoms with van der Waals surface area (Å²) in [6.45, 7) is 1.79. The molecule has 1 aliphatic rings. The van der Waals surface area contributed by atoms with Gasteiger partial charge in [-0.2, -0.15) is 0 Å². The summed E-state index contributed by atoms with van der Waals surface area (Å²) in [6.07, 6.45) is 5.48. The number of anilines is 1. The third-order valence-electron chi connectivity index (χ3n) is 4.03. The Labute approximate surface area is 118 Å². The van der Waals surface area contributed by atoms with Crippen LogP contribution in [0.2, 0.25) is 0 Å². The predicted molar refractivity (Wildman–Crippen MR) is 78.1 cm³/mol. The van der Waals surface area contributed by atoms with Gasteiger partial charge < -0.3 is 15.0 Å². The van der Waals surface area contributed by atoms with Gasteiger partial charge in [0.15, 0.2) is 0 Å². The number of amides is 1. The van der Waals surface area contributed by atoms with Crippen LogP contribution < -0.4 is 5.32 Å². The van der Waals surface area contributed by atoms with Crippen molar-refractivity contribution in [3.8, 4) is 5.75 Å². The Morgan fingerprint density at radius 3 is 2.80 bits per heavy atom. The zero-order valence-corrected chi connectivity index (χ0v) is 11.5. The highest BCUT2D eigenvalue weighted by Crippen LogP contribution is 2.33. The van der Waals surface area contributed by atoms with E-state index in [0.29, 0.717) is 23.0 Å². The van der Waals surface area contributed by atoms with Crippen LogP contribution in [0.3, 0.4) is 0 Å². The number of aromatic hydroxyl groups is 1. The maximum absolute atomic E-state index is 12.4. The van der Waals surface area contributed by atoms with Crippen molar-refractivity contribution in [3.05, 3.63) is 47.8 Å². The molecule has 2 N–H and O–H groups in total. The van der Waals surface area contributed by atoms with Crippen LogP contribution >= 0.6 is 0 Å². The van der Waals surface area contributed by atoms with Crippen molar-refractivity contribution < 1.29 is 9.90 Å². The molecule has 0 aliphatic heterocycles. The minimum Gasteiger partial charge on any atom is -0.508 e. The first-order chi connectivity index (χ1) is 9.66. The molecule has 0 saturated heterocycles. The summed E-state index contributed by atoms with van der Waals surface area (Å²) in [5.74, 6) is 0.0628. The van der Waals surface area contributed by atoms with Gasteiger partial charge in [0.2, 0.25) is 0 Å². The lowest BCUT2D eigenvalue weighted by molar-refractivity contribution is 0.101. The Morgan fingerprint density at radius 1 is 1.30 bits per heavy atom. The first-order valence-corrected chi connectivity index (χ1v) is 6.93. The summed E-state index contributed by atoms with van der Waals surface area (Å²) >= 11 is 0. The van der Waals surface area contributed by atoms with Crippen LogP contribution in [-0.2, 0) is 0 Å². The molecule has 0 radical (unpaired) electrons. The Kier molecular flexibility index (Phi) is 3.22. The van der Waals surface area contributed by atoms with Crippen molar-refractivity contribution in [2.45, 2.75) is 32.2 Å². The number of hydrogen-bond acceptors (Lipinski definition) is 2. The average molecular weight is 270 g/mol. The van der Waals surface area contributed by atoms with Crippen molar-refractivity contribution in [1.29, 1.82) is 0 Å². The summed E-state index contributed by atoms with van der Waals surface area (Å²) in [5.41, 5.74) is 2.01. The van der Waals surface area contributed by atoms with Crippen molar-refractivity contribution >= 4 is 11.6 Å². The SMILES string of the molecule is Cc1c(O)cccc1NC(=O)c1cccn1C1CCC1. The zero-order valence-electron chi connectivity index (χ0n) is 11.5. The number of carbonyl (C=O) groups is 1. The molecule has 104 valence electrons. The second-order valence-electron chi connectivity index (χ2n) is 5.29. The van der Waals surface area contributed by atoms with E-state index in [9.17, 15) is 9.90 Å². The Morgan fingerprint density at radius 2 is 2.10 bits per heavy atom. The Balaban J connectivity index is 1.83. The lowest BCUT2D eigenvalue weighted by Crippen LogP contribution is -2.23. The molecule has 1 saturated carbocycles. The van der Waals surface area contributed by atoms with Crippen molar-refractivity contribution in [2.24, 2.45) is 0 Å². The molecule has 0 atom stereocenters. The number of aromatic nitrogens is 1. The highest BCUT2D eigenvalue weighted by Gasteiger charge is 2.23. The van der Waals surface area contributed by atoms with Gasteiger partial charge in [-0.05, 0) is 50.5 Å². The predicted octanol–water partition coefficient (Wildman–Crippen LogP) is 3.48. The molecule has 1 aliphatic carbocycles. The molecule has 1 heterocycles. The van der Waals surface area contributed by atoms with Crippen LogP contribution in [0.4, 0.5) is 5.69 Å². The smallest absolute Gasteiger partial charge is 0.272 e. The lowest BCUT2D eigenvalue weighted by atomic mass is 9.93. The minimum atomic E-state index is -0.129. The summed E-state index contributed by atoms with van der Waals surface area (Å²) in [4.78, 5) is 12.4. The summed E-state index contributed by atoms with van der Waals surface area (Å²) in [7, 11) is 0. The second kappa shape index (κ2) is 5.04. The molecule has 1 aromatic heterocycles. The van der Waals surface area contributed by atoms with Gasteiger partial charge in [-0.3, -0.25) is 4.79 Å². The van der Waals surface area contributed by atoms with Gasteiger partial charge >= 0.3 is 0 Å². The maximum Gasteiger partial charge on any atom is 0.272 e. The van der Waals surface area contributed by atoms with Gasteiger partial charge in [0, 0.05) is 23.5 Å². The molecule has 20 heavy (non-hydrogen) atoms. The van der Waals surface area contributed by atoms with Gasteiger partial charge in [0.25, 0.3) is 5.91 Å². The Hall–Kier alpha value is -2.23. The molecule has 3 rings (SSSR count). The van der Waals surface area contributed by atoms with E-state index in [-0.39, 0.29) is 11.7 Å². The molecule has 1 amide bonds. The number of phenols is 1. The number of rotatable bonds is 3. The van der Waals surface area contributed by atoms with Gasteiger partial charge in [0.1, 0.15) is 11.4 Å². The van der Waals surface area contributed by atoms with Crippen LogP contribution in [0.15, 0.2) is 36.5 Å². The first-order valence-electron chi connectivity index (χ1n) is 6.93. The molecular formula is C16H18N2O2. The molecule has 0 unspecified atom stereocenters. The topological polar surface area (TPSA) is 54.3 Å². The van der Waals surface area contributed by atoms with E-state index in [4.69, 9.17) is 0 Å². The molecular weight excluding hydrogens is 252 g/mol. The third kappa shape index (κ3) is 2.18. The largest absolute Gasteiger partial charge is 0.508 e. The van der Waals surface area contributed by atoms with Gasteiger partial charge in [-0.1, -0.05) is 6.07 Å². The summed E-state index contributed by atoms with van der Waals surface area (Å²) in [6, 6.07) is 9.33. The molecule has 4 heteroatoms. The van der Waals surface area contributed by atoms with Crippen LogP contribution in [-0.4, -0.2) is 15.6 Å². The second-order valence-corrected chi connectivity index (χ2v) is 5.29. The number of carbonyl (C=O) groups excluding carboxylic acids is 1. The van der Waals surface area contributed by atoms with E-state index >= 15 is 0 Å². The van der Waals surface area contributed by atoms with Crippen LogP contribution in [0, 0.1) is 6.92 Å². The van der Waals surface area contributed by atoms with Crippen LogP contribution in [0.25, 0.3) is 0 Å². The molecule has 4 nitrogen and oxygen atoms in total. The van der Waals surface area contributed by atoms with Crippen molar-refractivity contribution in [3.63, 3.8) is 0 Å². The average Bonchev–Trinajstić information content (AvgIpc) is 2.82. The molecule has 1 fully saturated rings. The quantitative estimate of drug-likeness (QED) is 0.897. The zero-order chi connectivity index (χ0) is 14.1. The summed E-state index contributed by atoms with van der Waals surface area (Å²) < 4.78 is 2.05. The maximum atomic E-state index is 12.4. The van der Waals surface area contributed by atoms with E-state index in [2.05, 4.69) is 9.88 Å². The van der Waals surface area contributed by atoms with Gasteiger partial charge in [-0.25, -0.2) is 0 Å². The monoisotopic (exact) mass is 270 g/mol. The standard InChI is InChI=1S/C16H18N2O2/c1-11-13(7-3-9-15(11)19)17-16(20)14-8-4-10-18(14)12-5-2-6-12/h3-4,7-10,12,19H,2,5-6H2,1H3,(H,17,20). The van der Waals surface area contributed by atoms with Gasteiger partial charge in [0.05, 0.1) is 0 Å². The third-order valence-corrected chi connectivity index (χ3v) is 4.03.